The number of hydrazine groups is 1. The first-order valence-corrected chi connectivity index (χ1v) is 10.2. The third-order valence-electron chi connectivity index (χ3n) is 6.13. The summed E-state index contributed by atoms with van der Waals surface area (Å²) < 4.78 is 0. The fourth-order valence-corrected chi connectivity index (χ4v) is 4.55. The number of aryl methyl sites for hydroxylation is 1. The second-order valence-electron chi connectivity index (χ2n) is 7.98. The van der Waals surface area contributed by atoms with Gasteiger partial charge < -0.3 is 9.91 Å². The van der Waals surface area contributed by atoms with Crippen LogP contribution in [0.15, 0.2) is 47.7 Å². The van der Waals surface area contributed by atoms with Gasteiger partial charge in [-0.05, 0) is 68.9 Å². The smallest absolute Gasteiger partial charge is 0.0695 e. The molecule has 0 bridgehead atoms. The van der Waals surface area contributed by atoms with Gasteiger partial charge in [-0.25, -0.2) is 5.84 Å². The Kier molecular flexibility index (Phi) is 5.32. The predicted molar refractivity (Wildman–Crippen MR) is 109 cm³/mol. The number of hydrogen-bond acceptors (Lipinski definition) is 4. The maximum absolute atomic E-state index is 6.17. The first-order valence-electron chi connectivity index (χ1n) is 10.2. The quantitative estimate of drug-likeness (QED) is 0.824. The molecule has 2 N–H and O–H groups in total. The summed E-state index contributed by atoms with van der Waals surface area (Å²) in [6, 6.07) is 9.39. The van der Waals surface area contributed by atoms with E-state index in [1.807, 2.05) is 5.01 Å². The molecule has 2 aliphatic heterocycles. The molecule has 4 rings (SSSR count). The lowest BCUT2D eigenvalue weighted by Crippen LogP contribution is -2.46. The zero-order valence-electron chi connectivity index (χ0n) is 16.0. The molecule has 1 aromatic carbocycles. The Balaban J connectivity index is 1.22. The molecule has 0 saturated carbocycles. The maximum atomic E-state index is 6.17. The Hall–Kier alpha value is -1.78. The second kappa shape index (κ2) is 7.85. The first kappa shape index (κ1) is 17.6. The number of piperazine rings is 1. The van der Waals surface area contributed by atoms with Crippen LogP contribution in [0.4, 0.5) is 5.69 Å². The molecule has 1 atom stereocenters. The number of fused-ring (bicyclic) bond motifs is 1. The number of anilines is 1. The Morgan fingerprint density at radius 3 is 2.62 bits per heavy atom. The average Bonchev–Trinajstić information content (AvgIpc) is 2.99. The Bertz CT molecular complexity index is 668. The Labute approximate surface area is 157 Å². The van der Waals surface area contributed by atoms with Crippen molar-refractivity contribution in [3.8, 4) is 0 Å². The van der Waals surface area contributed by atoms with Gasteiger partial charge in [-0.1, -0.05) is 23.8 Å². The molecule has 2 heterocycles. The molecular formula is C22H32N4. The summed E-state index contributed by atoms with van der Waals surface area (Å²) >= 11 is 0. The van der Waals surface area contributed by atoms with E-state index in [2.05, 4.69) is 53.3 Å². The van der Waals surface area contributed by atoms with Gasteiger partial charge >= 0.3 is 0 Å². The number of benzene rings is 1. The first-order chi connectivity index (χ1) is 12.7. The standard InChI is InChI=1S/C22H32N4/c1-18-8-10-20(11-9-18)25-15-13-24(14-16-25)12-4-5-19-17-26(23)22-7-3-2-6-21(19)22/h6,8-11,17,22H,2-5,7,12-16,23H2,1H3. The van der Waals surface area contributed by atoms with Gasteiger partial charge in [0.2, 0.25) is 0 Å². The van der Waals surface area contributed by atoms with Crippen molar-refractivity contribution in [1.82, 2.24) is 9.91 Å². The fraction of sp³-hybridized carbons (Fsp3) is 0.545. The van der Waals surface area contributed by atoms with Crippen molar-refractivity contribution in [3.05, 3.63) is 53.3 Å². The highest BCUT2D eigenvalue weighted by molar-refractivity contribution is 5.48. The van der Waals surface area contributed by atoms with Crippen LogP contribution in [0.2, 0.25) is 0 Å². The minimum Gasteiger partial charge on any atom is -0.369 e. The van der Waals surface area contributed by atoms with Crippen LogP contribution in [0.5, 0.6) is 0 Å². The molecule has 1 unspecified atom stereocenters. The molecule has 0 aromatic heterocycles. The summed E-state index contributed by atoms with van der Waals surface area (Å²) in [5.41, 5.74) is 5.70. The Morgan fingerprint density at radius 2 is 1.85 bits per heavy atom. The van der Waals surface area contributed by atoms with Crippen LogP contribution in [-0.4, -0.2) is 48.7 Å². The summed E-state index contributed by atoms with van der Waals surface area (Å²) in [6.07, 6.45) is 10.7. The zero-order chi connectivity index (χ0) is 17.9. The van der Waals surface area contributed by atoms with E-state index >= 15 is 0 Å². The zero-order valence-corrected chi connectivity index (χ0v) is 16.0. The molecule has 4 heteroatoms. The van der Waals surface area contributed by atoms with E-state index in [4.69, 9.17) is 5.84 Å². The number of allylic oxidation sites excluding steroid dienone is 1. The third-order valence-corrected chi connectivity index (χ3v) is 6.13. The van der Waals surface area contributed by atoms with Crippen molar-refractivity contribution in [2.75, 3.05) is 37.6 Å². The lowest BCUT2D eigenvalue weighted by molar-refractivity contribution is 0.255. The van der Waals surface area contributed by atoms with Crippen LogP contribution >= 0.6 is 0 Å². The van der Waals surface area contributed by atoms with E-state index in [0.717, 1.165) is 19.5 Å². The molecule has 0 spiro atoms. The lowest BCUT2D eigenvalue weighted by atomic mass is 9.90. The van der Waals surface area contributed by atoms with Crippen molar-refractivity contribution in [2.24, 2.45) is 5.84 Å². The highest BCUT2D eigenvalue weighted by atomic mass is 15.4. The van der Waals surface area contributed by atoms with E-state index in [0.29, 0.717) is 6.04 Å². The molecule has 1 aliphatic carbocycles. The number of nitrogens with zero attached hydrogens (tertiary/aromatic N) is 3. The minimum absolute atomic E-state index is 0.455. The van der Waals surface area contributed by atoms with E-state index in [1.54, 1.807) is 0 Å². The summed E-state index contributed by atoms with van der Waals surface area (Å²) in [5.74, 6) is 6.17. The Morgan fingerprint density at radius 1 is 1.08 bits per heavy atom. The summed E-state index contributed by atoms with van der Waals surface area (Å²) in [6.45, 7) is 7.95. The maximum Gasteiger partial charge on any atom is 0.0695 e. The van der Waals surface area contributed by atoms with Crippen molar-refractivity contribution < 1.29 is 0 Å². The van der Waals surface area contributed by atoms with Crippen LogP contribution in [-0.2, 0) is 0 Å². The topological polar surface area (TPSA) is 35.7 Å². The summed E-state index contributed by atoms with van der Waals surface area (Å²) in [5, 5.41) is 1.95. The van der Waals surface area contributed by atoms with Gasteiger partial charge in [-0.15, -0.1) is 0 Å². The van der Waals surface area contributed by atoms with Gasteiger partial charge in [0, 0.05) is 38.1 Å². The van der Waals surface area contributed by atoms with Crippen LogP contribution < -0.4 is 10.7 Å². The number of rotatable bonds is 5. The van der Waals surface area contributed by atoms with E-state index in [1.165, 1.54) is 67.7 Å². The van der Waals surface area contributed by atoms with Gasteiger partial charge in [0.1, 0.15) is 0 Å². The van der Waals surface area contributed by atoms with E-state index < -0.39 is 0 Å². The van der Waals surface area contributed by atoms with Gasteiger partial charge in [0.25, 0.3) is 0 Å². The molecule has 1 aromatic rings. The SMILES string of the molecule is Cc1ccc(N2CCN(CCCC3=CN(N)C4CCCC=C34)CC2)cc1. The van der Waals surface area contributed by atoms with E-state index in [-0.39, 0.29) is 0 Å². The van der Waals surface area contributed by atoms with Crippen molar-refractivity contribution in [2.45, 2.75) is 45.1 Å². The van der Waals surface area contributed by atoms with Gasteiger partial charge in [0.05, 0.1) is 6.04 Å². The van der Waals surface area contributed by atoms with Crippen molar-refractivity contribution in [3.63, 3.8) is 0 Å². The van der Waals surface area contributed by atoms with Crippen LogP contribution in [0, 0.1) is 6.92 Å². The summed E-state index contributed by atoms with van der Waals surface area (Å²) in [4.78, 5) is 5.13. The lowest BCUT2D eigenvalue weighted by Gasteiger charge is -2.36. The third kappa shape index (κ3) is 3.81. The van der Waals surface area contributed by atoms with Crippen LogP contribution in [0.1, 0.15) is 37.7 Å². The molecule has 4 nitrogen and oxygen atoms in total. The number of hydrogen-bond donors (Lipinski definition) is 1. The fourth-order valence-electron chi connectivity index (χ4n) is 4.55. The highest BCUT2D eigenvalue weighted by Gasteiger charge is 2.29. The normalized spacial score (nSPS) is 23.7. The second-order valence-corrected chi connectivity index (χ2v) is 7.98. The van der Waals surface area contributed by atoms with Crippen molar-refractivity contribution in [1.29, 1.82) is 0 Å². The highest BCUT2D eigenvalue weighted by Crippen LogP contribution is 2.35. The monoisotopic (exact) mass is 352 g/mol. The van der Waals surface area contributed by atoms with Gasteiger partial charge in [-0.2, -0.15) is 0 Å². The molecule has 0 radical (unpaired) electrons. The molecule has 1 fully saturated rings. The average molecular weight is 353 g/mol. The van der Waals surface area contributed by atoms with Gasteiger partial charge in [-0.3, -0.25) is 4.90 Å². The molecular weight excluding hydrogens is 320 g/mol. The van der Waals surface area contributed by atoms with Gasteiger partial charge in [0.15, 0.2) is 0 Å². The molecule has 0 amide bonds. The molecule has 140 valence electrons. The largest absolute Gasteiger partial charge is 0.369 e. The molecule has 1 saturated heterocycles. The summed E-state index contributed by atoms with van der Waals surface area (Å²) in [7, 11) is 0. The molecule has 26 heavy (non-hydrogen) atoms. The minimum atomic E-state index is 0.455. The van der Waals surface area contributed by atoms with Crippen LogP contribution in [0.3, 0.4) is 0 Å². The van der Waals surface area contributed by atoms with Crippen molar-refractivity contribution >= 4 is 5.69 Å². The van der Waals surface area contributed by atoms with E-state index in [9.17, 15) is 0 Å². The number of nitrogens with two attached hydrogens (primary N) is 1. The predicted octanol–water partition coefficient (Wildman–Crippen LogP) is 3.45. The van der Waals surface area contributed by atoms with Crippen LogP contribution in [0.25, 0.3) is 0 Å². The molecule has 3 aliphatic rings.